The van der Waals surface area contributed by atoms with Crippen LogP contribution in [-0.2, 0) is 0 Å². The first kappa shape index (κ1) is 23.0. The van der Waals surface area contributed by atoms with Crippen molar-refractivity contribution in [2.75, 3.05) is 5.32 Å². The SMILES string of the molecule is O=C(Nc1ccc2oc(-c3ccc(Cl)cc3Cl)nc2c1)c1ccc(-c2cc3ccccc3oc2=O)cc1. The highest BCUT2D eigenvalue weighted by Gasteiger charge is 2.14. The zero-order valence-corrected chi connectivity index (χ0v) is 20.5. The highest BCUT2D eigenvalue weighted by molar-refractivity contribution is 6.36. The largest absolute Gasteiger partial charge is 0.436 e. The number of nitrogens with zero attached hydrogens (tertiary/aromatic N) is 1. The van der Waals surface area contributed by atoms with Crippen molar-refractivity contribution in [3.63, 3.8) is 0 Å². The highest BCUT2D eigenvalue weighted by atomic mass is 35.5. The van der Waals surface area contributed by atoms with Gasteiger partial charge in [-0.3, -0.25) is 4.79 Å². The maximum atomic E-state index is 12.9. The Bertz CT molecular complexity index is 1870. The lowest BCUT2D eigenvalue weighted by Gasteiger charge is -2.07. The second-order valence-corrected chi connectivity index (χ2v) is 9.19. The molecule has 2 heterocycles. The topological polar surface area (TPSA) is 85.3 Å². The first-order chi connectivity index (χ1) is 17.9. The molecule has 1 N–H and O–H groups in total. The van der Waals surface area contributed by atoms with Crippen LogP contribution in [0.4, 0.5) is 5.69 Å². The van der Waals surface area contributed by atoms with E-state index in [1.54, 1.807) is 72.8 Å². The zero-order chi connectivity index (χ0) is 25.5. The van der Waals surface area contributed by atoms with Crippen LogP contribution in [0.3, 0.4) is 0 Å². The molecule has 0 fully saturated rings. The number of nitrogens with one attached hydrogen (secondary N) is 1. The normalized spacial score (nSPS) is 11.2. The van der Waals surface area contributed by atoms with Crippen molar-refractivity contribution in [2.24, 2.45) is 0 Å². The third-order valence-corrected chi connectivity index (χ3v) is 6.45. The van der Waals surface area contributed by atoms with Crippen molar-refractivity contribution in [1.82, 2.24) is 4.98 Å². The fraction of sp³-hybridized carbons (Fsp3) is 0. The molecule has 180 valence electrons. The van der Waals surface area contributed by atoms with E-state index >= 15 is 0 Å². The summed E-state index contributed by atoms with van der Waals surface area (Å²) in [7, 11) is 0. The van der Waals surface area contributed by atoms with Crippen LogP contribution in [0.15, 0.2) is 105 Å². The van der Waals surface area contributed by atoms with E-state index in [0.29, 0.717) is 60.6 Å². The summed E-state index contributed by atoms with van der Waals surface area (Å²) in [5.41, 5.74) is 3.91. The molecule has 0 bridgehead atoms. The number of benzene rings is 4. The Hall–Kier alpha value is -4.39. The standard InChI is InChI=1S/C29H16Cl2N2O4/c30-19-9-11-21(23(31)14-19)28-33-24-15-20(10-12-26(24)36-28)32-27(34)17-7-5-16(6-8-17)22-13-18-3-1-2-4-25(18)37-29(22)35/h1-15H,(H,32,34). The van der Waals surface area contributed by atoms with Gasteiger partial charge in [-0.2, -0.15) is 0 Å². The molecule has 0 aliphatic rings. The van der Waals surface area contributed by atoms with Crippen LogP contribution in [0, 0.1) is 0 Å². The molecule has 0 saturated heterocycles. The van der Waals surface area contributed by atoms with E-state index in [0.717, 1.165) is 5.39 Å². The molecular weight excluding hydrogens is 511 g/mol. The van der Waals surface area contributed by atoms with Gasteiger partial charge in [0.15, 0.2) is 5.58 Å². The first-order valence-electron chi connectivity index (χ1n) is 11.3. The number of aromatic nitrogens is 1. The number of carbonyl (C=O) groups excluding carboxylic acids is 1. The molecule has 0 unspecified atom stereocenters. The molecule has 0 saturated carbocycles. The second kappa shape index (κ2) is 9.24. The lowest BCUT2D eigenvalue weighted by molar-refractivity contribution is 0.102. The number of anilines is 1. The third-order valence-electron chi connectivity index (χ3n) is 5.91. The molecular formula is C29H16Cl2N2O4. The van der Waals surface area contributed by atoms with Gasteiger partial charge in [-0.05, 0) is 66.2 Å². The van der Waals surface area contributed by atoms with Crippen molar-refractivity contribution >= 4 is 56.9 Å². The minimum atomic E-state index is -0.434. The average Bonchev–Trinajstić information content (AvgIpc) is 3.31. The van der Waals surface area contributed by atoms with Gasteiger partial charge in [0.05, 0.1) is 16.1 Å². The molecule has 0 aliphatic carbocycles. The molecule has 0 atom stereocenters. The second-order valence-electron chi connectivity index (χ2n) is 8.34. The van der Waals surface area contributed by atoms with E-state index in [1.165, 1.54) is 0 Å². The van der Waals surface area contributed by atoms with E-state index in [2.05, 4.69) is 10.3 Å². The number of para-hydroxylation sites is 1. The van der Waals surface area contributed by atoms with Gasteiger partial charge in [-0.25, -0.2) is 9.78 Å². The fourth-order valence-electron chi connectivity index (χ4n) is 4.05. The van der Waals surface area contributed by atoms with Crippen molar-refractivity contribution < 1.29 is 13.6 Å². The molecule has 6 rings (SSSR count). The minimum Gasteiger partial charge on any atom is -0.436 e. The lowest BCUT2D eigenvalue weighted by Crippen LogP contribution is -2.11. The Morgan fingerprint density at radius 1 is 0.784 bits per heavy atom. The Labute approximate surface area is 220 Å². The van der Waals surface area contributed by atoms with E-state index in [4.69, 9.17) is 32.0 Å². The Kier molecular flexibility index (Phi) is 5.75. The number of rotatable bonds is 4. The predicted octanol–water partition coefficient (Wildman–Crippen LogP) is 7.83. The molecule has 4 aromatic carbocycles. The van der Waals surface area contributed by atoms with Gasteiger partial charge in [0.2, 0.25) is 5.89 Å². The van der Waals surface area contributed by atoms with Crippen LogP contribution in [0.2, 0.25) is 10.0 Å². The summed E-state index contributed by atoms with van der Waals surface area (Å²) in [6.45, 7) is 0. The van der Waals surface area contributed by atoms with Crippen LogP contribution >= 0.6 is 23.2 Å². The first-order valence-corrected chi connectivity index (χ1v) is 12.0. The van der Waals surface area contributed by atoms with E-state index in [-0.39, 0.29) is 5.91 Å². The molecule has 6 nitrogen and oxygen atoms in total. The maximum absolute atomic E-state index is 12.9. The van der Waals surface area contributed by atoms with Crippen molar-refractivity contribution in [2.45, 2.75) is 0 Å². The summed E-state index contributed by atoms with van der Waals surface area (Å²) >= 11 is 12.3. The van der Waals surface area contributed by atoms with Gasteiger partial charge in [0.1, 0.15) is 11.1 Å². The zero-order valence-electron chi connectivity index (χ0n) is 19.0. The van der Waals surface area contributed by atoms with Crippen LogP contribution in [0.25, 0.3) is 44.7 Å². The van der Waals surface area contributed by atoms with E-state index < -0.39 is 5.63 Å². The molecule has 2 aromatic heterocycles. The quantitative estimate of drug-likeness (QED) is 0.236. The summed E-state index contributed by atoms with van der Waals surface area (Å²) in [4.78, 5) is 29.8. The van der Waals surface area contributed by atoms with Crippen LogP contribution < -0.4 is 10.9 Å². The van der Waals surface area contributed by atoms with Gasteiger partial charge in [0, 0.05) is 21.7 Å². The highest BCUT2D eigenvalue weighted by Crippen LogP contribution is 2.32. The molecule has 8 heteroatoms. The number of oxazole rings is 1. The molecule has 0 aliphatic heterocycles. The Balaban J connectivity index is 1.23. The van der Waals surface area contributed by atoms with Gasteiger partial charge in [-0.15, -0.1) is 0 Å². The number of amides is 1. The maximum Gasteiger partial charge on any atom is 0.344 e. The van der Waals surface area contributed by atoms with Gasteiger partial charge < -0.3 is 14.2 Å². The smallest absolute Gasteiger partial charge is 0.344 e. The average molecular weight is 527 g/mol. The van der Waals surface area contributed by atoms with Crippen molar-refractivity contribution in [3.05, 3.63) is 117 Å². The molecule has 0 radical (unpaired) electrons. The molecule has 37 heavy (non-hydrogen) atoms. The Morgan fingerprint density at radius 2 is 1.59 bits per heavy atom. The summed E-state index contributed by atoms with van der Waals surface area (Å²) in [6, 6.07) is 26.1. The minimum absolute atomic E-state index is 0.305. The fourth-order valence-corrected chi connectivity index (χ4v) is 4.54. The third kappa shape index (κ3) is 4.48. The van der Waals surface area contributed by atoms with Gasteiger partial charge in [-0.1, -0.05) is 53.5 Å². The van der Waals surface area contributed by atoms with Crippen LogP contribution in [0.1, 0.15) is 10.4 Å². The van der Waals surface area contributed by atoms with Crippen LogP contribution in [-0.4, -0.2) is 10.9 Å². The monoisotopic (exact) mass is 526 g/mol. The summed E-state index contributed by atoms with van der Waals surface area (Å²) in [5, 5.41) is 4.64. The lowest BCUT2D eigenvalue weighted by atomic mass is 10.0. The van der Waals surface area contributed by atoms with E-state index in [1.807, 2.05) is 18.2 Å². The molecule has 6 aromatic rings. The number of carbonyl (C=O) groups is 1. The number of halogens is 2. The van der Waals surface area contributed by atoms with Crippen molar-refractivity contribution in [3.8, 4) is 22.6 Å². The Morgan fingerprint density at radius 3 is 2.41 bits per heavy atom. The number of fused-ring (bicyclic) bond motifs is 2. The predicted molar refractivity (Wildman–Crippen MR) is 145 cm³/mol. The number of hydrogen-bond donors (Lipinski definition) is 1. The number of hydrogen-bond acceptors (Lipinski definition) is 5. The molecule has 1 amide bonds. The van der Waals surface area contributed by atoms with Crippen LogP contribution in [0.5, 0.6) is 0 Å². The van der Waals surface area contributed by atoms with Crippen molar-refractivity contribution in [1.29, 1.82) is 0 Å². The summed E-state index contributed by atoms with van der Waals surface area (Å²) in [5.74, 6) is 0.0507. The van der Waals surface area contributed by atoms with Gasteiger partial charge in [0.25, 0.3) is 5.91 Å². The summed E-state index contributed by atoms with van der Waals surface area (Å²) < 4.78 is 11.2. The van der Waals surface area contributed by atoms with Gasteiger partial charge >= 0.3 is 5.63 Å². The molecule has 0 spiro atoms. The summed E-state index contributed by atoms with van der Waals surface area (Å²) in [6.07, 6.45) is 0. The van der Waals surface area contributed by atoms with E-state index in [9.17, 15) is 9.59 Å².